The lowest BCUT2D eigenvalue weighted by molar-refractivity contribution is 0.0478. The molecule has 0 radical (unpaired) electrons. The fourth-order valence-corrected chi connectivity index (χ4v) is 4.43. The normalized spacial score (nSPS) is 15.5. The molecule has 0 amide bonds. The number of piperazine rings is 1. The number of anilines is 1. The average Bonchev–Trinajstić information content (AvgIpc) is 3.17. The van der Waals surface area contributed by atoms with Gasteiger partial charge in [-0.3, -0.25) is 0 Å². The first-order valence-corrected chi connectivity index (χ1v) is 11.4. The molecule has 166 valence electrons. The van der Waals surface area contributed by atoms with Crippen molar-refractivity contribution in [3.8, 4) is 11.4 Å². The van der Waals surface area contributed by atoms with Crippen molar-refractivity contribution in [3.63, 3.8) is 0 Å². The standard InChI is InChI=1S/C20H22F2N4O4S/c1-29-13-30-19-11-16(10-17(21)20(19)22)26-18-4-3-15(9-14(18)12-23-26)24-5-7-25(8-6-24)31(2,27)28/h3-4,9-12H,5-8,13H2,1-2H3. The molecule has 1 fully saturated rings. The van der Waals surface area contributed by atoms with Crippen molar-refractivity contribution in [3.05, 3.63) is 48.2 Å². The van der Waals surface area contributed by atoms with E-state index in [1.54, 1.807) is 6.20 Å². The zero-order valence-electron chi connectivity index (χ0n) is 17.1. The number of methoxy groups -OCH3 is 1. The van der Waals surface area contributed by atoms with Gasteiger partial charge in [-0.25, -0.2) is 17.5 Å². The predicted molar refractivity (Wildman–Crippen MR) is 112 cm³/mol. The number of rotatable bonds is 6. The Morgan fingerprint density at radius 1 is 1.06 bits per heavy atom. The minimum absolute atomic E-state index is 0.213. The molecule has 2 aromatic carbocycles. The average molecular weight is 452 g/mol. The monoisotopic (exact) mass is 452 g/mol. The quantitative estimate of drug-likeness (QED) is 0.535. The van der Waals surface area contributed by atoms with Gasteiger partial charge in [0, 0.05) is 56.5 Å². The molecule has 0 unspecified atom stereocenters. The zero-order valence-corrected chi connectivity index (χ0v) is 17.9. The summed E-state index contributed by atoms with van der Waals surface area (Å²) in [7, 11) is -1.81. The maximum atomic E-state index is 14.1. The van der Waals surface area contributed by atoms with Gasteiger partial charge in [0.05, 0.1) is 23.7 Å². The Labute approximate surface area is 178 Å². The molecule has 4 rings (SSSR count). The summed E-state index contributed by atoms with van der Waals surface area (Å²) < 4.78 is 64.3. The van der Waals surface area contributed by atoms with Crippen LogP contribution in [0.4, 0.5) is 14.5 Å². The molecule has 0 aliphatic carbocycles. The number of nitrogens with zero attached hydrogens (tertiary/aromatic N) is 4. The van der Waals surface area contributed by atoms with Gasteiger partial charge >= 0.3 is 0 Å². The molecule has 3 aromatic rings. The summed E-state index contributed by atoms with van der Waals surface area (Å²) in [4.78, 5) is 2.10. The van der Waals surface area contributed by atoms with E-state index in [0.717, 1.165) is 17.1 Å². The fraction of sp³-hybridized carbons (Fsp3) is 0.350. The smallest absolute Gasteiger partial charge is 0.211 e. The highest BCUT2D eigenvalue weighted by Crippen LogP contribution is 2.29. The summed E-state index contributed by atoms with van der Waals surface area (Å²) in [5, 5.41) is 5.14. The number of hydrogen-bond acceptors (Lipinski definition) is 6. The largest absolute Gasteiger partial charge is 0.464 e. The first-order valence-electron chi connectivity index (χ1n) is 9.57. The fourth-order valence-electron chi connectivity index (χ4n) is 3.60. The second kappa shape index (κ2) is 8.40. The van der Waals surface area contributed by atoms with E-state index < -0.39 is 21.7 Å². The van der Waals surface area contributed by atoms with Gasteiger partial charge in [0.15, 0.2) is 18.4 Å². The number of hydrogen-bond donors (Lipinski definition) is 0. The maximum absolute atomic E-state index is 14.1. The Hall–Kier alpha value is -2.76. The first-order chi connectivity index (χ1) is 14.8. The summed E-state index contributed by atoms with van der Waals surface area (Å²) in [5.41, 5.74) is 1.96. The van der Waals surface area contributed by atoms with E-state index in [1.807, 2.05) is 18.2 Å². The van der Waals surface area contributed by atoms with Crippen molar-refractivity contribution in [2.24, 2.45) is 0 Å². The number of halogens is 2. The van der Waals surface area contributed by atoms with E-state index in [4.69, 9.17) is 9.47 Å². The molecule has 1 aromatic heterocycles. The van der Waals surface area contributed by atoms with Crippen LogP contribution < -0.4 is 9.64 Å². The molecule has 0 atom stereocenters. The van der Waals surface area contributed by atoms with Crippen molar-refractivity contribution >= 4 is 26.6 Å². The first kappa shape index (κ1) is 21.5. The van der Waals surface area contributed by atoms with Crippen molar-refractivity contribution in [2.75, 3.05) is 51.2 Å². The van der Waals surface area contributed by atoms with Gasteiger partial charge < -0.3 is 14.4 Å². The third kappa shape index (κ3) is 4.34. The Kier molecular flexibility index (Phi) is 5.82. The van der Waals surface area contributed by atoms with E-state index in [1.165, 1.54) is 28.4 Å². The van der Waals surface area contributed by atoms with Crippen LogP contribution in [0.25, 0.3) is 16.6 Å². The molecule has 0 saturated carbocycles. The highest BCUT2D eigenvalue weighted by Gasteiger charge is 2.24. The van der Waals surface area contributed by atoms with Gasteiger partial charge in [0.1, 0.15) is 0 Å². The SMILES string of the molecule is COCOc1cc(-n2ncc3cc(N4CCN(S(C)(=O)=O)CC4)ccc32)cc(F)c1F. The molecule has 2 heterocycles. The van der Waals surface area contributed by atoms with E-state index in [2.05, 4.69) is 10.00 Å². The van der Waals surface area contributed by atoms with Crippen LogP contribution in [-0.2, 0) is 14.8 Å². The Bertz CT molecular complexity index is 1210. The van der Waals surface area contributed by atoms with Crippen molar-refractivity contribution < 1.29 is 26.7 Å². The molecular formula is C20H22F2N4O4S. The highest BCUT2D eigenvalue weighted by atomic mass is 32.2. The number of aromatic nitrogens is 2. The molecule has 8 nitrogen and oxygen atoms in total. The van der Waals surface area contributed by atoms with E-state index in [0.29, 0.717) is 37.4 Å². The summed E-state index contributed by atoms with van der Waals surface area (Å²) in [6, 6.07) is 8.11. The number of fused-ring (bicyclic) bond motifs is 1. The van der Waals surface area contributed by atoms with Crippen molar-refractivity contribution in [1.82, 2.24) is 14.1 Å². The van der Waals surface area contributed by atoms with Crippen molar-refractivity contribution in [2.45, 2.75) is 0 Å². The van der Waals surface area contributed by atoms with Crippen molar-refractivity contribution in [1.29, 1.82) is 0 Å². The molecule has 31 heavy (non-hydrogen) atoms. The second-order valence-electron chi connectivity index (χ2n) is 7.24. The van der Waals surface area contributed by atoms with Crippen LogP contribution in [0.2, 0.25) is 0 Å². The number of benzene rings is 2. The summed E-state index contributed by atoms with van der Waals surface area (Å²) in [6.45, 7) is 1.80. The molecule has 0 bridgehead atoms. The van der Waals surface area contributed by atoms with Gasteiger partial charge in [-0.15, -0.1) is 0 Å². The van der Waals surface area contributed by atoms with Crippen LogP contribution in [0.1, 0.15) is 0 Å². The van der Waals surface area contributed by atoms with Gasteiger partial charge in [-0.2, -0.15) is 13.8 Å². The minimum Gasteiger partial charge on any atom is -0.464 e. The van der Waals surface area contributed by atoms with Crippen LogP contribution in [0, 0.1) is 11.6 Å². The van der Waals surface area contributed by atoms with Gasteiger partial charge in [0.25, 0.3) is 0 Å². The van der Waals surface area contributed by atoms with Crippen LogP contribution in [0.15, 0.2) is 36.5 Å². The van der Waals surface area contributed by atoms with Crippen LogP contribution >= 0.6 is 0 Å². The topological polar surface area (TPSA) is 76.9 Å². The minimum atomic E-state index is -3.19. The van der Waals surface area contributed by atoms with Gasteiger partial charge in [0.2, 0.25) is 15.8 Å². The van der Waals surface area contributed by atoms with Gasteiger partial charge in [-0.05, 0) is 18.2 Å². The van der Waals surface area contributed by atoms with Crippen LogP contribution in [0.3, 0.4) is 0 Å². The number of ether oxygens (including phenoxy) is 2. The molecule has 1 saturated heterocycles. The summed E-state index contributed by atoms with van der Waals surface area (Å²) >= 11 is 0. The van der Waals surface area contributed by atoms with Crippen LogP contribution in [0.5, 0.6) is 5.75 Å². The Morgan fingerprint density at radius 2 is 1.81 bits per heavy atom. The third-order valence-corrected chi connectivity index (χ3v) is 6.48. The molecular weight excluding hydrogens is 430 g/mol. The molecule has 11 heteroatoms. The number of sulfonamides is 1. The highest BCUT2D eigenvalue weighted by molar-refractivity contribution is 7.88. The van der Waals surface area contributed by atoms with E-state index in [-0.39, 0.29) is 12.5 Å². The molecule has 0 spiro atoms. The summed E-state index contributed by atoms with van der Waals surface area (Å²) in [6.07, 6.45) is 2.86. The lowest BCUT2D eigenvalue weighted by atomic mass is 10.2. The Balaban J connectivity index is 1.61. The van der Waals surface area contributed by atoms with E-state index in [9.17, 15) is 17.2 Å². The molecule has 0 N–H and O–H groups in total. The Morgan fingerprint density at radius 3 is 2.48 bits per heavy atom. The predicted octanol–water partition coefficient (Wildman–Crippen LogP) is 2.37. The van der Waals surface area contributed by atoms with Crippen LogP contribution in [-0.4, -0.2) is 68.8 Å². The maximum Gasteiger partial charge on any atom is 0.211 e. The van der Waals surface area contributed by atoms with Gasteiger partial charge in [-0.1, -0.05) is 0 Å². The summed E-state index contributed by atoms with van der Waals surface area (Å²) in [5.74, 6) is -2.40. The molecule has 1 aliphatic rings. The second-order valence-corrected chi connectivity index (χ2v) is 9.22. The lowest BCUT2D eigenvalue weighted by Crippen LogP contribution is -2.48. The zero-order chi connectivity index (χ0) is 22.2. The third-order valence-electron chi connectivity index (χ3n) is 5.18. The molecule has 1 aliphatic heterocycles. The van der Waals surface area contributed by atoms with E-state index >= 15 is 0 Å². The lowest BCUT2D eigenvalue weighted by Gasteiger charge is -2.34.